The van der Waals surface area contributed by atoms with Gasteiger partial charge in [-0.1, -0.05) is 0 Å². The molecule has 0 aliphatic carbocycles. The topological polar surface area (TPSA) is 47.8 Å². The number of hydrogen-bond donors (Lipinski definition) is 0. The van der Waals surface area contributed by atoms with Gasteiger partial charge in [0.15, 0.2) is 5.82 Å². The number of Topliss-reactive ketones (excluding diaryl/α,β-unsaturated/α-hetero) is 1. The summed E-state index contributed by atoms with van der Waals surface area (Å²) in [4.78, 5) is 20.3. The lowest BCUT2D eigenvalue weighted by molar-refractivity contribution is 0.0979. The Kier molecular flexibility index (Phi) is 3.14. The van der Waals surface area contributed by atoms with Crippen molar-refractivity contribution in [3.63, 3.8) is 0 Å². The van der Waals surface area contributed by atoms with Gasteiger partial charge in [0.1, 0.15) is 5.01 Å². The number of aryl methyl sites for hydroxylation is 2. The fourth-order valence-corrected chi connectivity index (χ4v) is 2.29. The van der Waals surface area contributed by atoms with Crippen molar-refractivity contribution in [2.24, 2.45) is 0 Å². The minimum atomic E-state index is 0.0289. The Bertz CT molecular complexity index is 501. The number of thiazole rings is 1. The number of hydrogen-bond acceptors (Lipinski definition) is 4. The fraction of sp³-hybridized carbons (Fsp3) is 0.364. The molecule has 0 saturated heterocycles. The first-order valence-corrected chi connectivity index (χ1v) is 6.04. The van der Waals surface area contributed by atoms with Gasteiger partial charge in [-0.05, 0) is 13.8 Å². The zero-order chi connectivity index (χ0) is 11.5. The first kappa shape index (κ1) is 11.0. The van der Waals surface area contributed by atoms with E-state index in [0.717, 1.165) is 17.2 Å². The molecule has 5 heteroatoms. The van der Waals surface area contributed by atoms with Gasteiger partial charge in [0.05, 0.1) is 6.42 Å². The van der Waals surface area contributed by atoms with Crippen LogP contribution in [0.5, 0.6) is 0 Å². The van der Waals surface area contributed by atoms with Gasteiger partial charge in [-0.25, -0.2) is 9.97 Å². The van der Waals surface area contributed by atoms with Gasteiger partial charge in [-0.15, -0.1) is 11.3 Å². The molecule has 0 aliphatic heterocycles. The molecule has 0 saturated carbocycles. The van der Waals surface area contributed by atoms with E-state index < -0.39 is 0 Å². The van der Waals surface area contributed by atoms with Crippen LogP contribution in [0.25, 0.3) is 0 Å². The van der Waals surface area contributed by atoms with E-state index in [9.17, 15) is 4.79 Å². The van der Waals surface area contributed by atoms with E-state index >= 15 is 0 Å². The number of ketones is 1. The average molecular weight is 235 g/mol. The van der Waals surface area contributed by atoms with Crippen molar-refractivity contribution < 1.29 is 4.79 Å². The van der Waals surface area contributed by atoms with Crippen LogP contribution in [0.2, 0.25) is 0 Å². The lowest BCUT2D eigenvalue weighted by Crippen LogP contribution is -2.11. The number of aromatic nitrogens is 3. The molecule has 2 rings (SSSR count). The molecule has 2 aromatic heterocycles. The van der Waals surface area contributed by atoms with E-state index in [0.29, 0.717) is 12.2 Å². The Morgan fingerprint density at radius 1 is 1.56 bits per heavy atom. The summed E-state index contributed by atoms with van der Waals surface area (Å²) in [5, 5.41) is 2.81. The van der Waals surface area contributed by atoms with Crippen LogP contribution in [-0.4, -0.2) is 20.3 Å². The SMILES string of the molecule is CCn1ccnc1C(=O)Cc1nc(C)cs1. The molecule has 0 aliphatic rings. The Morgan fingerprint density at radius 2 is 2.38 bits per heavy atom. The van der Waals surface area contributed by atoms with E-state index in [1.807, 2.05) is 30.0 Å². The van der Waals surface area contributed by atoms with Crippen LogP contribution in [-0.2, 0) is 13.0 Å². The molecular formula is C11H13N3OS. The molecule has 0 unspecified atom stereocenters. The molecule has 0 radical (unpaired) electrons. The predicted molar refractivity (Wildman–Crippen MR) is 62.8 cm³/mol. The molecule has 2 heterocycles. The van der Waals surface area contributed by atoms with Gasteiger partial charge in [-0.2, -0.15) is 0 Å². The number of imidazole rings is 1. The summed E-state index contributed by atoms with van der Waals surface area (Å²) >= 11 is 1.52. The molecule has 4 nitrogen and oxygen atoms in total. The van der Waals surface area contributed by atoms with Gasteiger partial charge < -0.3 is 4.57 Å². The molecule has 0 fully saturated rings. The third-order valence-corrected chi connectivity index (χ3v) is 3.25. The first-order valence-electron chi connectivity index (χ1n) is 5.16. The summed E-state index contributed by atoms with van der Waals surface area (Å²) in [5.74, 6) is 0.552. The number of carbonyl (C=O) groups excluding carboxylic acids is 1. The van der Waals surface area contributed by atoms with Gasteiger partial charge in [-0.3, -0.25) is 4.79 Å². The molecule has 0 amide bonds. The molecule has 0 bridgehead atoms. The van der Waals surface area contributed by atoms with Crippen LogP contribution in [0.3, 0.4) is 0 Å². The Morgan fingerprint density at radius 3 is 3.00 bits per heavy atom. The minimum Gasteiger partial charge on any atom is -0.329 e. The lowest BCUT2D eigenvalue weighted by Gasteiger charge is -2.01. The van der Waals surface area contributed by atoms with Crippen LogP contribution in [0.1, 0.15) is 28.2 Å². The van der Waals surface area contributed by atoms with Crippen molar-refractivity contribution in [3.05, 3.63) is 34.3 Å². The average Bonchev–Trinajstić information content (AvgIpc) is 2.86. The molecule has 0 spiro atoms. The first-order chi connectivity index (χ1) is 7.70. The lowest BCUT2D eigenvalue weighted by atomic mass is 10.3. The summed E-state index contributed by atoms with van der Waals surface area (Å²) in [7, 11) is 0. The molecular weight excluding hydrogens is 222 g/mol. The van der Waals surface area contributed by atoms with E-state index in [2.05, 4.69) is 9.97 Å². The number of rotatable bonds is 4. The van der Waals surface area contributed by atoms with E-state index in [4.69, 9.17) is 0 Å². The second-order valence-corrected chi connectivity index (χ2v) is 4.46. The Labute approximate surface area is 98.0 Å². The normalized spacial score (nSPS) is 10.6. The maximum Gasteiger partial charge on any atom is 0.205 e. The second-order valence-electron chi connectivity index (χ2n) is 3.52. The maximum absolute atomic E-state index is 11.9. The van der Waals surface area contributed by atoms with Crippen LogP contribution in [0, 0.1) is 6.92 Å². The monoisotopic (exact) mass is 235 g/mol. The highest BCUT2D eigenvalue weighted by atomic mass is 32.1. The van der Waals surface area contributed by atoms with Crippen molar-refractivity contribution in [1.29, 1.82) is 0 Å². The highest BCUT2D eigenvalue weighted by molar-refractivity contribution is 7.09. The third kappa shape index (κ3) is 2.19. The van der Waals surface area contributed by atoms with Crippen molar-refractivity contribution in [3.8, 4) is 0 Å². The number of carbonyl (C=O) groups is 1. The summed E-state index contributed by atoms with van der Waals surface area (Å²) in [6.07, 6.45) is 3.82. The smallest absolute Gasteiger partial charge is 0.205 e. The zero-order valence-electron chi connectivity index (χ0n) is 9.30. The van der Waals surface area contributed by atoms with Crippen molar-refractivity contribution in [1.82, 2.24) is 14.5 Å². The Hall–Kier alpha value is -1.49. The Balaban J connectivity index is 2.14. The largest absolute Gasteiger partial charge is 0.329 e. The van der Waals surface area contributed by atoms with E-state index in [1.165, 1.54) is 11.3 Å². The summed E-state index contributed by atoms with van der Waals surface area (Å²) in [6.45, 7) is 4.68. The van der Waals surface area contributed by atoms with Gasteiger partial charge in [0.2, 0.25) is 5.78 Å². The van der Waals surface area contributed by atoms with Crippen LogP contribution >= 0.6 is 11.3 Å². The molecule has 0 atom stereocenters. The molecule has 2 aromatic rings. The van der Waals surface area contributed by atoms with Gasteiger partial charge in [0, 0.05) is 30.0 Å². The van der Waals surface area contributed by atoms with Crippen molar-refractivity contribution in [2.75, 3.05) is 0 Å². The fourth-order valence-electron chi connectivity index (χ4n) is 1.52. The standard InChI is InChI=1S/C11H13N3OS/c1-3-14-5-4-12-11(14)9(15)6-10-13-8(2)7-16-10/h4-5,7H,3,6H2,1-2H3. The van der Waals surface area contributed by atoms with Crippen molar-refractivity contribution >= 4 is 17.1 Å². The predicted octanol–water partition coefficient (Wildman–Crippen LogP) is 2.09. The van der Waals surface area contributed by atoms with Gasteiger partial charge >= 0.3 is 0 Å². The van der Waals surface area contributed by atoms with Crippen LogP contribution < -0.4 is 0 Å². The quantitative estimate of drug-likeness (QED) is 0.762. The van der Waals surface area contributed by atoms with E-state index in [-0.39, 0.29) is 5.78 Å². The van der Waals surface area contributed by atoms with Crippen molar-refractivity contribution in [2.45, 2.75) is 26.8 Å². The maximum atomic E-state index is 11.9. The molecule has 16 heavy (non-hydrogen) atoms. The molecule has 0 aromatic carbocycles. The summed E-state index contributed by atoms with van der Waals surface area (Å²) in [6, 6.07) is 0. The number of nitrogens with zero attached hydrogens (tertiary/aromatic N) is 3. The highest BCUT2D eigenvalue weighted by Gasteiger charge is 2.14. The summed E-state index contributed by atoms with van der Waals surface area (Å²) < 4.78 is 1.85. The zero-order valence-corrected chi connectivity index (χ0v) is 10.1. The highest BCUT2D eigenvalue weighted by Crippen LogP contribution is 2.12. The molecule has 0 N–H and O–H groups in total. The third-order valence-electron chi connectivity index (χ3n) is 2.28. The second kappa shape index (κ2) is 4.57. The minimum absolute atomic E-state index is 0.0289. The summed E-state index contributed by atoms with van der Waals surface area (Å²) in [5.41, 5.74) is 0.964. The van der Waals surface area contributed by atoms with Crippen LogP contribution in [0.4, 0.5) is 0 Å². The molecule has 84 valence electrons. The van der Waals surface area contributed by atoms with E-state index in [1.54, 1.807) is 6.20 Å². The van der Waals surface area contributed by atoms with Gasteiger partial charge in [0.25, 0.3) is 0 Å². The van der Waals surface area contributed by atoms with Crippen LogP contribution in [0.15, 0.2) is 17.8 Å².